The minimum Gasteiger partial charge on any atom is -0.449 e. The topological polar surface area (TPSA) is 102 Å². The van der Waals surface area contributed by atoms with Gasteiger partial charge < -0.3 is 10.1 Å². The van der Waals surface area contributed by atoms with Crippen LogP contribution in [0.5, 0.6) is 0 Å². The van der Waals surface area contributed by atoms with Crippen molar-refractivity contribution in [1.82, 2.24) is 0 Å². The third-order valence-corrected chi connectivity index (χ3v) is 7.57. The highest BCUT2D eigenvalue weighted by Gasteiger charge is 2.20. The molecule has 0 aliphatic carbocycles. The molecular weight excluding hydrogens is 472 g/mol. The summed E-state index contributed by atoms with van der Waals surface area (Å²) in [7, 11) is -3.78. The van der Waals surface area contributed by atoms with E-state index in [1.807, 2.05) is 19.1 Å². The number of thiophene rings is 1. The van der Waals surface area contributed by atoms with Crippen molar-refractivity contribution in [2.45, 2.75) is 30.6 Å². The molecule has 7 nitrogen and oxygen atoms in total. The number of amides is 1. The summed E-state index contributed by atoms with van der Waals surface area (Å²) in [5.74, 6) is -1.16. The van der Waals surface area contributed by atoms with Gasteiger partial charge in [0.25, 0.3) is 15.9 Å². The van der Waals surface area contributed by atoms with Gasteiger partial charge in [0.05, 0.1) is 9.90 Å². The number of carbonyl (C=O) groups is 2. The van der Waals surface area contributed by atoms with E-state index in [0.29, 0.717) is 10.0 Å². The zero-order valence-corrected chi connectivity index (χ0v) is 19.7. The van der Waals surface area contributed by atoms with E-state index in [1.54, 1.807) is 12.1 Å². The highest BCUT2D eigenvalue weighted by molar-refractivity contribution is 7.94. The van der Waals surface area contributed by atoms with Gasteiger partial charge in [-0.05, 0) is 67.4 Å². The lowest BCUT2D eigenvalue weighted by Gasteiger charge is -2.14. The number of aryl methyl sites for hydroxylation is 1. The predicted molar refractivity (Wildman–Crippen MR) is 126 cm³/mol. The van der Waals surface area contributed by atoms with Gasteiger partial charge in [0.2, 0.25) is 0 Å². The smallest absolute Gasteiger partial charge is 0.338 e. The molecule has 3 rings (SSSR count). The van der Waals surface area contributed by atoms with Crippen LogP contribution in [0.1, 0.15) is 29.8 Å². The van der Waals surface area contributed by atoms with Gasteiger partial charge >= 0.3 is 5.97 Å². The number of rotatable bonds is 8. The molecule has 2 N–H and O–H groups in total. The largest absolute Gasteiger partial charge is 0.449 e. The molecule has 32 heavy (non-hydrogen) atoms. The van der Waals surface area contributed by atoms with Gasteiger partial charge in [0.15, 0.2) is 6.10 Å². The molecule has 1 amide bonds. The van der Waals surface area contributed by atoms with Crippen LogP contribution in [-0.2, 0) is 26.0 Å². The summed E-state index contributed by atoms with van der Waals surface area (Å²) in [4.78, 5) is 24.7. The molecule has 0 aliphatic rings. The monoisotopic (exact) mass is 492 g/mol. The minimum absolute atomic E-state index is 0.0788. The molecular formula is C22H21ClN2O5S2. The molecule has 0 fully saturated rings. The molecule has 2 aromatic carbocycles. The Kier molecular flexibility index (Phi) is 7.55. The molecule has 1 unspecified atom stereocenters. The van der Waals surface area contributed by atoms with Gasteiger partial charge in [0, 0.05) is 11.4 Å². The zero-order valence-electron chi connectivity index (χ0n) is 17.3. The Labute approximate surface area is 195 Å². The number of esters is 1. The van der Waals surface area contributed by atoms with Gasteiger partial charge in [-0.2, -0.15) is 0 Å². The highest BCUT2D eigenvalue weighted by atomic mass is 35.5. The van der Waals surface area contributed by atoms with Crippen LogP contribution in [-0.4, -0.2) is 26.4 Å². The lowest BCUT2D eigenvalue weighted by atomic mass is 10.1. The van der Waals surface area contributed by atoms with Crippen LogP contribution < -0.4 is 10.0 Å². The molecule has 168 valence electrons. The van der Waals surface area contributed by atoms with Crippen LogP contribution in [0.15, 0.2) is 64.9 Å². The number of halogens is 1. The Morgan fingerprint density at radius 2 is 1.62 bits per heavy atom. The van der Waals surface area contributed by atoms with E-state index in [-0.39, 0.29) is 15.5 Å². The number of carbonyl (C=O) groups excluding carboxylic acids is 2. The van der Waals surface area contributed by atoms with Crippen molar-refractivity contribution in [2.24, 2.45) is 0 Å². The fourth-order valence-corrected chi connectivity index (χ4v) is 5.21. The average molecular weight is 493 g/mol. The SMILES string of the molecule is CCc1ccc(NC(=O)C(C)OC(=O)c2ccc(NS(=O)(=O)c3ccc(Cl)s3)cc2)cc1. The van der Waals surface area contributed by atoms with Crippen molar-refractivity contribution < 1.29 is 22.7 Å². The molecule has 10 heteroatoms. The molecule has 0 saturated carbocycles. The summed E-state index contributed by atoms with van der Waals surface area (Å²) in [5.41, 5.74) is 2.21. The van der Waals surface area contributed by atoms with Crippen LogP contribution in [0.2, 0.25) is 4.34 Å². The van der Waals surface area contributed by atoms with E-state index in [4.69, 9.17) is 16.3 Å². The number of nitrogens with one attached hydrogen (secondary N) is 2. The van der Waals surface area contributed by atoms with Crippen molar-refractivity contribution in [3.8, 4) is 0 Å². The molecule has 0 radical (unpaired) electrons. The first-order valence-electron chi connectivity index (χ1n) is 9.67. The Balaban J connectivity index is 1.58. The van der Waals surface area contributed by atoms with E-state index in [2.05, 4.69) is 10.0 Å². The number of ether oxygens (including phenoxy) is 1. The van der Waals surface area contributed by atoms with Crippen LogP contribution in [0.4, 0.5) is 11.4 Å². The number of hydrogen-bond acceptors (Lipinski definition) is 6. The Hall–Kier alpha value is -2.88. The molecule has 3 aromatic rings. The van der Waals surface area contributed by atoms with Gasteiger partial charge in [-0.3, -0.25) is 9.52 Å². The Morgan fingerprint density at radius 1 is 1.00 bits per heavy atom. The van der Waals surface area contributed by atoms with E-state index in [1.165, 1.54) is 43.3 Å². The van der Waals surface area contributed by atoms with Crippen LogP contribution in [0.25, 0.3) is 0 Å². The molecule has 1 heterocycles. The predicted octanol–water partition coefficient (Wildman–Crippen LogP) is 4.95. The maximum Gasteiger partial charge on any atom is 0.338 e. The van der Waals surface area contributed by atoms with Crippen LogP contribution in [0, 0.1) is 0 Å². The van der Waals surface area contributed by atoms with E-state index in [9.17, 15) is 18.0 Å². The van der Waals surface area contributed by atoms with Gasteiger partial charge in [-0.1, -0.05) is 30.7 Å². The summed E-state index contributed by atoms with van der Waals surface area (Å²) >= 11 is 6.73. The second kappa shape index (κ2) is 10.2. The van der Waals surface area contributed by atoms with Crippen molar-refractivity contribution in [1.29, 1.82) is 0 Å². The molecule has 1 aromatic heterocycles. The highest BCUT2D eigenvalue weighted by Crippen LogP contribution is 2.27. The number of sulfonamides is 1. The standard InChI is InChI=1S/C22H21ClN2O5S2/c1-3-15-4-8-17(9-5-15)24-21(26)14(2)30-22(27)16-6-10-18(11-7-16)25-32(28,29)20-13-12-19(23)31-20/h4-14,25H,3H2,1-2H3,(H,24,26). The molecule has 0 bridgehead atoms. The average Bonchev–Trinajstić information content (AvgIpc) is 3.22. The first-order valence-corrected chi connectivity index (χ1v) is 12.3. The maximum absolute atomic E-state index is 12.4. The Bertz CT molecular complexity index is 1210. The summed E-state index contributed by atoms with van der Waals surface area (Å²) in [6.45, 7) is 3.51. The summed E-state index contributed by atoms with van der Waals surface area (Å²) < 4.78 is 32.8. The quantitative estimate of drug-likeness (QED) is 0.433. The van der Waals surface area contributed by atoms with Gasteiger partial charge in [-0.15, -0.1) is 11.3 Å². The summed E-state index contributed by atoms with van der Waals surface area (Å²) in [6.07, 6.45) is -0.125. The Morgan fingerprint density at radius 3 is 2.19 bits per heavy atom. The third kappa shape index (κ3) is 6.09. The van der Waals surface area contributed by atoms with Crippen LogP contribution >= 0.6 is 22.9 Å². The third-order valence-electron chi connectivity index (χ3n) is 4.47. The number of anilines is 2. The normalized spacial score (nSPS) is 12.1. The fourth-order valence-electron chi connectivity index (χ4n) is 2.67. The van der Waals surface area contributed by atoms with Crippen molar-refractivity contribution in [2.75, 3.05) is 10.0 Å². The number of hydrogen-bond donors (Lipinski definition) is 2. The van der Waals surface area contributed by atoms with Crippen molar-refractivity contribution in [3.05, 3.63) is 76.1 Å². The first kappa shape index (κ1) is 23.8. The van der Waals surface area contributed by atoms with Crippen molar-refractivity contribution >= 4 is 56.2 Å². The van der Waals surface area contributed by atoms with Gasteiger partial charge in [-0.25, -0.2) is 13.2 Å². The van der Waals surface area contributed by atoms with Crippen molar-refractivity contribution in [3.63, 3.8) is 0 Å². The van der Waals surface area contributed by atoms with Crippen LogP contribution in [0.3, 0.4) is 0 Å². The molecule has 0 saturated heterocycles. The van der Waals surface area contributed by atoms with Gasteiger partial charge in [0.1, 0.15) is 4.21 Å². The molecule has 0 spiro atoms. The summed E-state index contributed by atoms with van der Waals surface area (Å²) in [5, 5.41) is 2.70. The lowest BCUT2D eigenvalue weighted by Crippen LogP contribution is -2.30. The number of benzene rings is 2. The van der Waals surface area contributed by atoms with E-state index < -0.39 is 28.0 Å². The first-order chi connectivity index (χ1) is 15.2. The second-order valence-corrected chi connectivity index (χ2v) is 10.5. The zero-order chi connectivity index (χ0) is 23.3. The maximum atomic E-state index is 12.4. The van der Waals surface area contributed by atoms with E-state index in [0.717, 1.165) is 23.3 Å². The van der Waals surface area contributed by atoms with E-state index >= 15 is 0 Å². The minimum atomic E-state index is -3.78. The molecule has 1 atom stereocenters. The molecule has 0 aliphatic heterocycles. The lowest BCUT2D eigenvalue weighted by molar-refractivity contribution is -0.123. The second-order valence-electron chi connectivity index (χ2n) is 6.83. The summed E-state index contributed by atoms with van der Waals surface area (Å²) in [6, 6.07) is 16.0. The fraction of sp³-hybridized carbons (Fsp3) is 0.182.